The van der Waals surface area contributed by atoms with Crippen molar-refractivity contribution in [2.75, 3.05) is 0 Å². The Morgan fingerprint density at radius 1 is 1.33 bits per heavy atom. The van der Waals surface area contributed by atoms with Crippen molar-refractivity contribution in [3.05, 3.63) is 34.5 Å². The molecule has 1 aliphatic carbocycles. The van der Waals surface area contributed by atoms with Gasteiger partial charge in [-0.15, -0.1) is 0 Å². The molecule has 0 aliphatic heterocycles. The van der Waals surface area contributed by atoms with Crippen LogP contribution < -0.4 is 0 Å². The molecule has 21 heavy (non-hydrogen) atoms. The van der Waals surface area contributed by atoms with E-state index in [2.05, 4.69) is 5.10 Å². The Labute approximate surface area is 121 Å². The van der Waals surface area contributed by atoms with Crippen LogP contribution in [-0.2, 0) is 11.3 Å². The van der Waals surface area contributed by atoms with Crippen molar-refractivity contribution in [1.82, 2.24) is 9.78 Å². The second-order valence-electron chi connectivity index (χ2n) is 5.60. The Morgan fingerprint density at radius 3 is 2.81 bits per heavy atom. The highest BCUT2D eigenvalue weighted by atomic mass is 16.6. The van der Waals surface area contributed by atoms with Crippen LogP contribution in [0.4, 0.5) is 5.69 Å². The number of rotatable bonds is 4. The van der Waals surface area contributed by atoms with Gasteiger partial charge in [-0.2, -0.15) is 5.10 Å². The third-order valence-corrected chi connectivity index (χ3v) is 4.21. The number of aromatic nitrogens is 2. The summed E-state index contributed by atoms with van der Waals surface area (Å²) in [6.45, 7) is 0.204. The fraction of sp³-hybridized carbons (Fsp3) is 0.467. The molecule has 0 N–H and O–H groups in total. The first-order valence-electron chi connectivity index (χ1n) is 7.28. The van der Waals surface area contributed by atoms with Crippen molar-refractivity contribution in [3.8, 4) is 0 Å². The van der Waals surface area contributed by atoms with Crippen LogP contribution in [0.2, 0.25) is 0 Å². The maximum absolute atomic E-state index is 12.3. The second-order valence-corrected chi connectivity index (χ2v) is 5.60. The first kappa shape index (κ1) is 13.7. The maximum atomic E-state index is 12.3. The summed E-state index contributed by atoms with van der Waals surface area (Å²) in [7, 11) is 0. The summed E-state index contributed by atoms with van der Waals surface area (Å²) in [6, 6.07) is 4.61. The molecule has 2 aromatic rings. The topological polar surface area (TPSA) is 78.0 Å². The van der Waals surface area contributed by atoms with E-state index in [9.17, 15) is 14.9 Å². The molecule has 6 heteroatoms. The predicted octanol–water partition coefficient (Wildman–Crippen LogP) is 3.09. The molecule has 1 aromatic heterocycles. The molecule has 0 unspecified atom stereocenters. The van der Waals surface area contributed by atoms with Crippen LogP contribution in [0.15, 0.2) is 24.4 Å². The molecule has 0 bridgehead atoms. The van der Waals surface area contributed by atoms with Gasteiger partial charge >= 0.3 is 0 Å². The van der Waals surface area contributed by atoms with Gasteiger partial charge < -0.3 is 0 Å². The second kappa shape index (κ2) is 5.63. The van der Waals surface area contributed by atoms with Crippen molar-refractivity contribution in [3.63, 3.8) is 0 Å². The number of fused-ring (bicyclic) bond motifs is 1. The molecule has 1 aromatic carbocycles. The number of nitrogens with zero attached hydrogens (tertiary/aromatic N) is 3. The van der Waals surface area contributed by atoms with E-state index < -0.39 is 4.92 Å². The first-order valence-corrected chi connectivity index (χ1v) is 7.28. The lowest BCUT2D eigenvalue weighted by Crippen LogP contribution is -2.22. The molecule has 110 valence electrons. The van der Waals surface area contributed by atoms with E-state index in [0.717, 1.165) is 31.1 Å². The Morgan fingerprint density at radius 2 is 2.10 bits per heavy atom. The molecule has 1 aliphatic rings. The van der Waals surface area contributed by atoms with Crippen molar-refractivity contribution < 1.29 is 9.72 Å². The zero-order chi connectivity index (χ0) is 14.8. The number of ketones is 1. The van der Waals surface area contributed by atoms with Crippen molar-refractivity contribution in [2.24, 2.45) is 5.92 Å². The average molecular weight is 287 g/mol. The molecule has 0 saturated heterocycles. The Kier molecular flexibility index (Phi) is 3.68. The number of hydrogen-bond acceptors (Lipinski definition) is 4. The number of hydrogen-bond donors (Lipinski definition) is 0. The highest BCUT2D eigenvalue weighted by Gasteiger charge is 2.22. The molecule has 3 rings (SSSR count). The molecule has 6 nitrogen and oxygen atoms in total. The van der Waals surface area contributed by atoms with E-state index in [4.69, 9.17) is 0 Å². The number of benzene rings is 1. The minimum atomic E-state index is -0.431. The van der Waals surface area contributed by atoms with Crippen molar-refractivity contribution in [2.45, 2.75) is 38.6 Å². The van der Waals surface area contributed by atoms with Crippen LogP contribution in [0.3, 0.4) is 0 Å². The van der Waals surface area contributed by atoms with E-state index in [-0.39, 0.29) is 23.9 Å². The van der Waals surface area contributed by atoms with Crippen molar-refractivity contribution in [1.29, 1.82) is 0 Å². The zero-order valence-electron chi connectivity index (χ0n) is 11.7. The van der Waals surface area contributed by atoms with Gasteiger partial charge in [0.2, 0.25) is 0 Å². The highest BCUT2D eigenvalue weighted by Crippen LogP contribution is 2.26. The molecular formula is C15H17N3O3. The first-order chi connectivity index (χ1) is 10.1. The van der Waals surface area contributed by atoms with Gasteiger partial charge in [-0.3, -0.25) is 19.6 Å². The Hall–Kier alpha value is -2.24. The fourth-order valence-electron chi connectivity index (χ4n) is 3.00. The number of nitro benzene ring substituents is 1. The monoisotopic (exact) mass is 287 g/mol. The van der Waals surface area contributed by atoms with Crippen LogP contribution in [-0.4, -0.2) is 20.5 Å². The average Bonchev–Trinajstić information content (AvgIpc) is 2.90. The van der Waals surface area contributed by atoms with E-state index in [0.29, 0.717) is 5.52 Å². The van der Waals surface area contributed by atoms with Gasteiger partial charge in [-0.25, -0.2) is 0 Å². The lowest BCUT2D eigenvalue weighted by molar-refractivity contribution is -0.384. The molecule has 1 fully saturated rings. The summed E-state index contributed by atoms with van der Waals surface area (Å²) in [5.74, 6) is 0.308. The lowest BCUT2D eigenvalue weighted by atomic mass is 9.86. The zero-order valence-corrected chi connectivity index (χ0v) is 11.7. The van der Waals surface area contributed by atoms with Crippen LogP contribution in [0, 0.1) is 16.0 Å². The van der Waals surface area contributed by atoms with Gasteiger partial charge in [0, 0.05) is 23.4 Å². The summed E-state index contributed by atoms with van der Waals surface area (Å²) in [5, 5.41) is 15.9. The molecule has 1 heterocycles. The number of carbonyl (C=O) groups excluding carboxylic acids is 1. The summed E-state index contributed by atoms with van der Waals surface area (Å²) < 4.78 is 1.58. The largest absolute Gasteiger partial charge is 0.297 e. The number of nitro groups is 1. The molecule has 0 atom stereocenters. The molecule has 1 saturated carbocycles. The van der Waals surface area contributed by atoms with Crippen LogP contribution in [0.1, 0.15) is 32.1 Å². The van der Waals surface area contributed by atoms with Gasteiger partial charge in [0.25, 0.3) is 5.69 Å². The van der Waals surface area contributed by atoms with Gasteiger partial charge in [0.1, 0.15) is 6.54 Å². The van der Waals surface area contributed by atoms with Gasteiger partial charge in [-0.05, 0) is 18.9 Å². The van der Waals surface area contributed by atoms with E-state index >= 15 is 0 Å². The minimum absolute atomic E-state index is 0.0226. The van der Waals surface area contributed by atoms with Gasteiger partial charge in [-0.1, -0.05) is 19.3 Å². The predicted molar refractivity (Wildman–Crippen MR) is 78.0 cm³/mol. The fourth-order valence-corrected chi connectivity index (χ4v) is 3.00. The smallest absolute Gasteiger partial charge is 0.271 e. The molecule has 0 amide bonds. The van der Waals surface area contributed by atoms with Crippen LogP contribution in [0.25, 0.3) is 10.9 Å². The maximum Gasteiger partial charge on any atom is 0.271 e. The molecular weight excluding hydrogens is 270 g/mol. The normalized spacial score (nSPS) is 16.2. The summed E-state index contributed by atoms with van der Waals surface area (Å²) in [6.07, 6.45) is 6.99. The van der Waals surface area contributed by atoms with Gasteiger partial charge in [0.05, 0.1) is 16.6 Å². The number of non-ortho nitro benzene ring substituents is 1. The molecule has 0 radical (unpaired) electrons. The standard InChI is InChI=1S/C15H17N3O3/c19-15(11-4-2-1-3-5-11)10-17-14-8-13(18(20)21)7-6-12(14)9-16-17/h6-9,11H,1-5,10H2. The summed E-state index contributed by atoms with van der Waals surface area (Å²) >= 11 is 0. The van der Waals surface area contributed by atoms with E-state index in [1.807, 2.05) is 0 Å². The summed E-state index contributed by atoms with van der Waals surface area (Å²) in [5.41, 5.74) is 0.669. The lowest BCUT2D eigenvalue weighted by Gasteiger charge is -2.20. The van der Waals surface area contributed by atoms with E-state index in [1.54, 1.807) is 16.9 Å². The molecule has 0 spiro atoms. The third-order valence-electron chi connectivity index (χ3n) is 4.21. The van der Waals surface area contributed by atoms with Crippen molar-refractivity contribution >= 4 is 22.4 Å². The Balaban J connectivity index is 1.84. The third kappa shape index (κ3) is 2.79. The van der Waals surface area contributed by atoms with Crippen LogP contribution in [0.5, 0.6) is 0 Å². The highest BCUT2D eigenvalue weighted by molar-refractivity contribution is 5.85. The summed E-state index contributed by atoms with van der Waals surface area (Å²) in [4.78, 5) is 22.8. The quantitative estimate of drug-likeness (QED) is 0.639. The van der Waals surface area contributed by atoms with Gasteiger partial charge in [0.15, 0.2) is 5.78 Å². The minimum Gasteiger partial charge on any atom is -0.297 e. The van der Waals surface area contributed by atoms with E-state index in [1.165, 1.54) is 18.6 Å². The number of Topliss-reactive ketones (excluding diaryl/α,β-unsaturated/α-hetero) is 1. The van der Waals surface area contributed by atoms with Crippen LogP contribution >= 0.6 is 0 Å². The SMILES string of the molecule is O=C(Cn1ncc2ccc([N+](=O)[O-])cc21)C1CCCCC1. The Bertz CT molecular complexity index is 687. The number of carbonyl (C=O) groups is 1.